The van der Waals surface area contributed by atoms with Crippen LogP contribution >= 0.6 is 0 Å². The summed E-state index contributed by atoms with van der Waals surface area (Å²) >= 11 is 0. The van der Waals surface area contributed by atoms with E-state index in [1.165, 1.54) is 0 Å². The second-order valence-corrected chi connectivity index (χ2v) is 8.88. The van der Waals surface area contributed by atoms with E-state index in [1.54, 1.807) is 0 Å². The molecular weight excluding hydrogens is 218 g/mol. The minimum absolute atomic E-state index is 0.187. The van der Waals surface area contributed by atoms with E-state index in [4.69, 9.17) is 9.47 Å². The summed E-state index contributed by atoms with van der Waals surface area (Å²) in [4.78, 5) is 0. The molecular formula is C12H27NO2Si. The molecule has 0 aromatic heterocycles. The second-order valence-electron chi connectivity index (χ2n) is 4.18. The van der Waals surface area contributed by atoms with Crippen molar-refractivity contribution in [2.24, 2.45) is 0 Å². The maximum absolute atomic E-state index is 5.80. The number of nitrogens with zero attached hydrogens (tertiary/aromatic N) is 1. The number of hydrogen-bond donors (Lipinski definition) is 0. The zero-order chi connectivity index (χ0) is 12.8. The monoisotopic (exact) mass is 245 g/mol. The van der Waals surface area contributed by atoms with Crippen LogP contribution in [0.3, 0.4) is 0 Å². The highest BCUT2D eigenvalue weighted by molar-refractivity contribution is 6.84. The molecule has 0 saturated carbocycles. The minimum atomic E-state index is -1.94. The Bertz CT molecular complexity index is 197. The van der Waals surface area contributed by atoms with Gasteiger partial charge in [0, 0.05) is 13.2 Å². The molecule has 0 spiro atoms. The molecule has 0 aliphatic rings. The van der Waals surface area contributed by atoms with E-state index < -0.39 is 8.24 Å². The van der Waals surface area contributed by atoms with E-state index >= 15 is 0 Å². The van der Waals surface area contributed by atoms with Gasteiger partial charge in [0.05, 0.1) is 11.5 Å². The zero-order valence-electron chi connectivity index (χ0n) is 11.6. The molecule has 2 unspecified atom stereocenters. The third-order valence-electron chi connectivity index (χ3n) is 3.24. The first-order valence-corrected chi connectivity index (χ1v) is 8.19. The molecule has 2 atom stereocenters. The lowest BCUT2D eigenvalue weighted by atomic mass is 10.8. The van der Waals surface area contributed by atoms with Crippen LogP contribution in [0.15, 0.2) is 12.3 Å². The van der Waals surface area contributed by atoms with Crippen molar-refractivity contribution in [2.75, 3.05) is 27.3 Å². The fraction of sp³-hybridized carbons (Fsp3) is 0.833. The maximum atomic E-state index is 5.80. The summed E-state index contributed by atoms with van der Waals surface area (Å²) in [5.74, 6) is 0. The van der Waals surface area contributed by atoms with Gasteiger partial charge in [-0.25, -0.2) is 0 Å². The molecule has 16 heavy (non-hydrogen) atoms. The highest BCUT2D eigenvalue weighted by atomic mass is 28.3. The van der Waals surface area contributed by atoms with Crippen LogP contribution in [0.2, 0.25) is 0 Å². The van der Waals surface area contributed by atoms with Crippen LogP contribution in [0.25, 0.3) is 0 Å². The number of rotatable bonds is 8. The van der Waals surface area contributed by atoms with Gasteiger partial charge in [0.15, 0.2) is 0 Å². The first kappa shape index (κ1) is 15.8. The Labute approximate surface area is 102 Å². The van der Waals surface area contributed by atoms with Gasteiger partial charge in [0.1, 0.15) is 0 Å². The van der Waals surface area contributed by atoms with E-state index in [0.717, 1.165) is 13.2 Å². The van der Waals surface area contributed by atoms with Gasteiger partial charge in [-0.3, -0.25) is 0 Å². The van der Waals surface area contributed by atoms with E-state index in [2.05, 4.69) is 44.8 Å². The van der Waals surface area contributed by atoms with Crippen LogP contribution in [0, 0.1) is 0 Å². The SMILES string of the molecule is C=C[Si](C(C)OCC)(C(C)OCC)N(C)C. The molecule has 0 aromatic carbocycles. The van der Waals surface area contributed by atoms with Crippen molar-refractivity contribution in [1.82, 2.24) is 4.57 Å². The van der Waals surface area contributed by atoms with Gasteiger partial charge in [0.2, 0.25) is 8.24 Å². The van der Waals surface area contributed by atoms with Crippen molar-refractivity contribution in [1.29, 1.82) is 0 Å². The Balaban J connectivity index is 5.05. The predicted molar refractivity (Wildman–Crippen MR) is 71.8 cm³/mol. The van der Waals surface area contributed by atoms with Crippen molar-refractivity contribution in [3.8, 4) is 0 Å². The van der Waals surface area contributed by atoms with E-state index in [0.29, 0.717) is 0 Å². The van der Waals surface area contributed by atoms with Crippen molar-refractivity contribution >= 4 is 8.24 Å². The van der Waals surface area contributed by atoms with Crippen molar-refractivity contribution in [2.45, 2.75) is 39.1 Å². The molecule has 4 heteroatoms. The molecule has 0 amide bonds. The molecule has 0 N–H and O–H groups in total. The molecule has 96 valence electrons. The van der Waals surface area contributed by atoms with E-state index in [1.807, 2.05) is 13.8 Å². The highest BCUT2D eigenvalue weighted by Gasteiger charge is 2.45. The van der Waals surface area contributed by atoms with Crippen molar-refractivity contribution in [3.63, 3.8) is 0 Å². The van der Waals surface area contributed by atoms with Gasteiger partial charge in [-0.1, -0.05) is 5.70 Å². The first-order chi connectivity index (χ1) is 7.47. The molecule has 0 fully saturated rings. The van der Waals surface area contributed by atoms with Gasteiger partial charge < -0.3 is 14.0 Å². The molecule has 0 saturated heterocycles. The Morgan fingerprint density at radius 2 is 1.50 bits per heavy atom. The normalized spacial score (nSPS) is 19.2. The molecule has 0 bridgehead atoms. The molecule has 0 rings (SSSR count). The van der Waals surface area contributed by atoms with Gasteiger partial charge in [-0.15, -0.1) is 6.58 Å². The van der Waals surface area contributed by atoms with Gasteiger partial charge in [0.25, 0.3) is 0 Å². The molecule has 3 nitrogen and oxygen atoms in total. The smallest absolute Gasteiger partial charge is 0.210 e. The Morgan fingerprint density at radius 1 is 1.12 bits per heavy atom. The number of ether oxygens (including phenoxy) is 2. The number of hydrogen-bond acceptors (Lipinski definition) is 3. The van der Waals surface area contributed by atoms with Crippen LogP contribution in [-0.4, -0.2) is 51.6 Å². The molecule has 0 aromatic rings. The lowest BCUT2D eigenvalue weighted by molar-refractivity contribution is 0.0818. The van der Waals surface area contributed by atoms with Crippen LogP contribution in [0.5, 0.6) is 0 Å². The zero-order valence-corrected chi connectivity index (χ0v) is 12.6. The molecule has 0 heterocycles. The quantitative estimate of drug-likeness (QED) is 0.612. The average molecular weight is 245 g/mol. The summed E-state index contributed by atoms with van der Waals surface area (Å²) in [6, 6.07) is 0. The summed E-state index contributed by atoms with van der Waals surface area (Å²) in [7, 11) is 2.25. The maximum Gasteiger partial charge on any atom is 0.210 e. The fourth-order valence-corrected chi connectivity index (χ4v) is 6.35. The van der Waals surface area contributed by atoms with Crippen LogP contribution in [0.1, 0.15) is 27.7 Å². The third kappa shape index (κ3) is 3.17. The average Bonchev–Trinajstić information content (AvgIpc) is 2.19. The van der Waals surface area contributed by atoms with E-state index in [-0.39, 0.29) is 11.5 Å². The summed E-state index contributed by atoms with van der Waals surface area (Å²) in [6.45, 7) is 13.8. The van der Waals surface area contributed by atoms with Gasteiger partial charge >= 0.3 is 0 Å². The molecule has 0 aliphatic heterocycles. The largest absolute Gasteiger partial charge is 0.380 e. The van der Waals surface area contributed by atoms with Gasteiger partial charge in [-0.05, 0) is 41.8 Å². The van der Waals surface area contributed by atoms with Crippen LogP contribution in [-0.2, 0) is 9.47 Å². The summed E-state index contributed by atoms with van der Waals surface area (Å²) < 4.78 is 13.9. The second kappa shape index (κ2) is 7.22. The Kier molecular flexibility index (Phi) is 7.15. The first-order valence-electron chi connectivity index (χ1n) is 6.01. The van der Waals surface area contributed by atoms with Crippen LogP contribution < -0.4 is 0 Å². The van der Waals surface area contributed by atoms with Crippen molar-refractivity contribution in [3.05, 3.63) is 12.3 Å². The van der Waals surface area contributed by atoms with Crippen molar-refractivity contribution < 1.29 is 9.47 Å². The highest BCUT2D eigenvalue weighted by Crippen LogP contribution is 2.22. The van der Waals surface area contributed by atoms with Crippen LogP contribution in [0.4, 0.5) is 0 Å². The van der Waals surface area contributed by atoms with E-state index in [9.17, 15) is 0 Å². The Morgan fingerprint density at radius 3 is 1.69 bits per heavy atom. The fourth-order valence-electron chi connectivity index (χ4n) is 2.34. The van der Waals surface area contributed by atoms with Gasteiger partial charge in [-0.2, -0.15) is 0 Å². The molecule has 0 radical (unpaired) electrons. The predicted octanol–water partition coefficient (Wildman–Crippen LogP) is 2.15. The summed E-state index contributed by atoms with van der Waals surface area (Å²) in [6.07, 6.45) is 0. The minimum Gasteiger partial charge on any atom is -0.380 e. The summed E-state index contributed by atoms with van der Waals surface area (Å²) in [5, 5.41) is 0. The summed E-state index contributed by atoms with van der Waals surface area (Å²) in [5.41, 5.74) is 2.45. The molecule has 0 aliphatic carbocycles. The standard InChI is InChI=1S/C12H27NO2Si/c1-8-14-11(4)16(10-3,13(6)7)12(5)15-9-2/h10-12H,3,8-9H2,1-2,4-7H3. The third-order valence-corrected chi connectivity index (χ3v) is 8.38. The lowest BCUT2D eigenvalue weighted by Crippen LogP contribution is -2.65. The Hall–Kier alpha value is -0.163. The topological polar surface area (TPSA) is 21.7 Å². The lowest BCUT2D eigenvalue weighted by Gasteiger charge is -2.43.